The molecule has 0 aliphatic carbocycles. The molecule has 5 nitrogen and oxygen atoms in total. The van der Waals surface area contributed by atoms with Crippen LogP contribution in [-0.4, -0.2) is 29.6 Å². The van der Waals surface area contributed by atoms with Crippen LogP contribution < -0.4 is 10.6 Å². The number of hydrogen-bond donors (Lipinski definition) is 3. The third-order valence-electron chi connectivity index (χ3n) is 5.35. The van der Waals surface area contributed by atoms with E-state index < -0.39 is 23.8 Å². The molecule has 2 aromatic carbocycles. The molecule has 8 heteroatoms. The second-order valence-electron chi connectivity index (χ2n) is 8.54. The highest BCUT2D eigenvalue weighted by atomic mass is 19.4. The normalized spacial score (nSPS) is 16.3. The number of carboxylic acids is 1. The van der Waals surface area contributed by atoms with E-state index in [2.05, 4.69) is 16.7 Å². The number of rotatable bonds is 6. The molecule has 3 N–H and O–H groups in total. The molecule has 0 radical (unpaired) electrons. The van der Waals surface area contributed by atoms with Gasteiger partial charge in [0.2, 0.25) is 5.91 Å². The minimum absolute atomic E-state index is 0.0570. The highest BCUT2D eigenvalue weighted by molar-refractivity contribution is 5.82. The van der Waals surface area contributed by atoms with Crippen LogP contribution in [0.1, 0.15) is 55.5 Å². The van der Waals surface area contributed by atoms with Gasteiger partial charge >= 0.3 is 12.1 Å². The summed E-state index contributed by atoms with van der Waals surface area (Å²) in [5.74, 6) is -1.01. The molecular formula is C25H31F3N2O3. The van der Waals surface area contributed by atoms with Crippen molar-refractivity contribution in [2.75, 3.05) is 6.54 Å². The smallest absolute Gasteiger partial charge is 0.416 e. The summed E-state index contributed by atoms with van der Waals surface area (Å²) in [4.78, 5) is 21.1. The fraction of sp³-hybridized carbons (Fsp3) is 0.440. The van der Waals surface area contributed by atoms with Gasteiger partial charge in [-0.15, -0.1) is 0 Å². The zero-order chi connectivity index (χ0) is 24.6. The van der Waals surface area contributed by atoms with Gasteiger partial charge in [0.1, 0.15) is 6.04 Å². The van der Waals surface area contributed by atoms with Gasteiger partial charge < -0.3 is 15.7 Å². The van der Waals surface area contributed by atoms with Gasteiger partial charge in [0.15, 0.2) is 0 Å². The molecule has 0 saturated carbocycles. The molecule has 33 heavy (non-hydrogen) atoms. The van der Waals surface area contributed by atoms with Crippen LogP contribution in [-0.2, 0) is 28.6 Å². The van der Waals surface area contributed by atoms with Gasteiger partial charge in [-0.05, 0) is 54.5 Å². The van der Waals surface area contributed by atoms with E-state index in [0.717, 1.165) is 24.6 Å². The van der Waals surface area contributed by atoms with Gasteiger partial charge in [-0.3, -0.25) is 4.79 Å². The van der Waals surface area contributed by atoms with Gasteiger partial charge in [0.25, 0.3) is 0 Å². The molecule has 180 valence electrons. The molecule has 2 atom stereocenters. The largest absolute Gasteiger partial charge is 0.480 e. The number of aliphatic carboxylic acids is 1. The van der Waals surface area contributed by atoms with E-state index in [1.54, 1.807) is 12.1 Å². The number of halogens is 3. The van der Waals surface area contributed by atoms with Crippen LogP contribution in [0, 0.1) is 5.92 Å². The molecule has 0 fully saturated rings. The first kappa shape index (κ1) is 26.4. The first-order chi connectivity index (χ1) is 15.5. The van der Waals surface area contributed by atoms with Gasteiger partial charge in [-0.1, -0.05) is 56.3 Å². The summed E-state index contributed by atoms with van der Waals surface area (Å²) in [5.41, 5.74) is 2.15. The number of carboxylic acid groups (broad SMARTS) is 1. The molecule has 1 aliphatic heterocycles. The summed E-state index contributed by atoms with van der Waals surface area (Å²) in [6.07, 6.45) is -2.56. The lowest BCUT2D eigenvalue weighted by atomic mass is 9.89. The van der Waals surface area contributed by atoms with Crippen LogP contribution in [0.5, 0.6) is 0 Å². The molecule has 0 saturated heterocycles. The standard InChI is InChI=1S/C17H16F3N.C8H15NO3/c18-17(19,20)15-8-4-2-6-13(15)11-16-14-7-3-1-5-12(14)9-10-21-16;1-5(2)4-7(8(11)12)9-6(3)10/h1-8,16,21H,9-11H2;5,7H,4H2,1-3H3,(H,9,10)(H,11,12)/t;7-/m.0/s1. The second kappa shape index (κ2) is 11.8. The summed E-state index contributed by atoms with van der Waals surface area (Å²) in [7, 11) is 0. The van der Waals surface area contributed by atoms with Crippen LogP contribution in [0.25, 0.3) is 0 Å². The maximum atomic E-state index is 13.1. The highest BCUT2D eigenvalue weighted by Gasteiger charge is 2.33. The molecule has 0 spiro atoms. The predicted octanol–water partition coefficient (Wildman–Crippen LogP) is 4.76. The minimum Gasteiger partial charge on any atom is -0.480 e. The molecule has 1 heterocycles. The van der Waals surface area contributed by atoms with E-state index in [-0.39, 0.29) is 17.9 Å². The fourth-order valence-corrected chi connectivity index (χ4v) is 3.91. The second-order valence-corrected chi connectivity index (χ2v) is 8.54. The Balaban J connectivity index is 0.000000277. The summed E-state index contributed by atoms with van der Waals surface area (Å²) in [6.45, 7) is 5.95. The topological polar surface area (TPSA) is 78.4 Å². The molecule has 1 amide bonds. The van der Waals surface area contributed by atoms with E-state index in [0.29, 0.717) is 18.4 Å². The van der Waals surface area contributed by atoms with Gasteiger partial charge in [-0.2, -0.15) is 13.2 Å². The zero-order valence-electron chi connectivity index (χ0n) is 19.1. The van der Waals surface area contributed by atoms with Crippen molar-refractivity contribution >= 4 is 11.9 Å². The van der Waals surface area contributed by atoms with Crippen LogP contribution in [0.4, 0.5) is 13.2 Å². The lowest BCUT2D eigenvalue weighted by molar-refractivity contribution is -0.142. The number of fused-ring (bicyclic) bond motifs is 1. The van der Waals surface area contributed by atoms with Crippen LogP contribution in [0.3, 0.4) is 0 Å². The monoisotopic (exact) mass is 464 g/mol. The van der Waals surface area contributed by atoms with E-state index >= 15 is 0 Å². The van der Waals surface area contributed by atoms with Gasteiger partial charge in [-0.25, -0.2) is 4.79 Å². The minimum atomic E-state index is -4.30. The number of carbonyl (C=O) groups excluding carboxylic acids is 1. The third kappa shape index (κ3) is 8.20. The summed E-state index contributed by atoms with van der Waals surface area (Å²) < 4.78 is 39.2. The zero-order valence-corrected chi connectivity index (χ0v) is 19.1. The Kier molecular flexibility index (Phi) is 9.46. The van der Waals surface area contributed by atoms with E-state index in [4.69, 9.17) is 5.11 Å². The Morgan fingerprint density at radius 3 is 2.36 bits per heavy atom. The number of hydrogen-bond acceptors (Lipinski definition) is 3. The molecule has 3 rings (SSSR count). The van der Waals surface area contributed by atoms with Gasteiger partial charge in [0.05, 0.1) is 5.56 Å². The predicted molar refractivity (Wildman–Crippen MR) is 121 cm³/mol. The Bertz CT molecular complexity index is 944. The van der Waals surface area contributed by atoms with Crippen LogP contribution in [0.15, 0.2) is 48.5 Å². The Morgan fingerprint density at radius 1 is 1.12 bits per heavy atom. The van der Waals surface area contributed by atoms with Gasteiger partial charge in [0, 0.05) is 13.0 Å². The number of carbonyl (C=O) groups is 2. The molecule has 1 aliphatic rings. The van der Waals surface area contributed by atoms with Crippen LogP contribution >= 0.6 is 0 Å². The first-order valence-electron chi connectivity index (χ1n) is 10.9. The summed E-state index contributed by atoms with van der Waals surface area (Å²) in [6, 6.07) is 13.0. The number of amides is 1. The lowest BCUT2D eigenvalue weighted by Gasteiger charge is -2.28. The Morgan fingerprint density at radius 2 is 1.76 bits per heavy atom. The molecule has 2 aromatic rings. The molecule has 1 unspecified atom stereocenters. The summed E-state index contributed by atoms with van der Waals surface area (Å²) >= 11 is 0. The van der Waals surface area contributed by atoms with E-state index in [9.17, 15) is 22.8 Å². The Hall–Kier alpha value is -2.87. The van der Waals surface area contributed by atoms with E-state index in [1.807, 2.05) is 32.0 Å². The fourth-order valence-electron chi connectivity index (χ4n) is 3.91. The van der Waals surface area contributed by atoms with Crippen LogP contribution in [0.2, 0.25) is 0 Å². The maximum absolute atomic E-state index is 13.1. The average molecular weight is 465 g/mol. The average Bonchev–Trinajstić information content (AvgIpc) is 2.73. The van der Waals surface area contributed by atoms with Crippen molar-refractivity contribution in [2.45, 2.75) is 58.3 Å². The third-order valence-corrected chi connectivity index (χ3v) is 5.35. The Labute approximate surface area is 192 Å². The number of alkyl halides is 3. The van der Waals surface area contributed by atoms with Crippen molar-refractivity contribution in [2.24, 2.45) is 5.92 Å². The van der Waals surface area contributed by atoms with Crippen molar-refractivity contribution in [3.8, 4) is 0 Å². The van der Waals surface area contributed by atoms with Crippen molar-refractivity contribution in [1.82, 2.24) is 10.6 Å². The van der Waals surface area contributed by atoms with Crippen molar-refractivity contribution in [1.29, 1.82) is 0 Å². The lowest BCUT2D eigenvalue weighted by Crippen LogP contribution is -2.40. The van der Waals surface area contributed by atoms with E-state index in [1.165, 1.54) is 18.6 Å². The maximum Gasteiger partial charge on any atom is 0.416 e. The first-order valence-corrected chi connectivity index (χ1v) is 10.9. The van der Waals surface area contributed by atoms with Crippen molar-refractivity contribution < 1.29 is 27.9 Å². The highest BCUT2D eigenvalue weighted by Crippen LogP contribution is 2.34. The molecule has 0 aromatic heterocycles. The summed E-state index contributed by atoms with van der Waals surface area (Å²) in [5, 5.41) is 14.4. The number of nitrogens with one attached hydrogen (secondary N) is 2. The molecular weight excluding hydrogens is 433 g/mol. The number of benzene rings is 2. The van der Waals surface area contributed by atoms with Crippen molar-refractivity contribution in [3.63, 3.8) is 0 Å². The molecule has 0 bridgehead atoms. The van der Waals surface area contributed by atoms with Crippen molar-refractivity contribution in [3.05, 3.63) is 70.8 Å². The quantitative estimate of drug-likeness (QED) is 0.576. The SMILES string of the molecule is CC(=O)N[C@@H](CC(C)C)C(=O)O.FC(F)(F)c1ccccc1CC1NCCc2ccccc21.